The maximum Gasteiger partial charge on any atom is 0.221 e. The summed E-state index contributed by atoms with van der Waals surface area (Å²) in [6, 6.07) is 0. The Hall–Kier alpha value is -0.610. The fourth-order valence-corrected chi connectivity index (χ4v) is 2.57. The van der Waals surface area contributed by atoms with Gasteiger partial charge in [-0.15, -0.1) is 0 Å². The maximum atomic E-state index is 11.7. The Bertz CT molecular complexity index is 236. The second kappa shape index (κ2) is 8.48. The fraction of sp³-hybridized carbons (Fsp3) is 0.929. The number of aliphatic hydroxyl groups is 1. The van der Waals surface area contributed by atoms with Gasteiger partial charge in [-0.25, -0.2) is 0 Å². The fourth-order valence-electron chi connectivity index (χ4n) is 2.57. The van der Waals surface area contributed by atoms with E-state index in [1.54, 1.807) is 0 Å². The average molecular weight is 256 g/mol. The molecule has 1 heterocycles. The van der Waals surface area contributed by atoms with Crippen LogP contribution in [-0.4, -0.2) is 48.2 Å². The summed E-state index contributed by atoms with van der Waals surface area (Å²) in [5.74, 6) is 0.357. The second-order valence-electron chi connectivity index (χ2n) is 5.25. The van der Waals surface area contributed by atoms with Crippen molar-refractivity contribution in [3.8, 4) is 0 Å². The number of carbonyl (C=O) groups excluding carboxylic acids is 1. The van der Waals surface area contributed by atoms with Crippen LogP contribution in [0.4, 0.5) is 0 Å². The monoisotopic (exact) mass is 256 g/mol. The Balaban J connectivity index is 2.11. The van der Waals surface area contributed by atoms with Crippen LogP contribution in [0.2, 0.25) is 0 Å². The van der Waals surface area contributed by atoms with Gasteiger partial charge in [-0.3, -0.25) is 4.79 Å². The molecule has 0 aromatic rings. The molecule has 1 unspecified atom stereocenters. The normalized spacial score (nSPS) is 18.2. The van der Waals surface area contributed by atoms with Gasteiger partial charge in [-0.05, 0) is 31.8 Å². The molecular formula is C14H28N2O2. The van der Waals surface area contributed by atoms with Gasteiger partial charge < -0.3 is 15.3 Å². The molecule has 1 aliphatic heterocycles. The van der Waals surface area contributed by atoms with E-state index in [2.05, 4.69) is 24.1 Å². The number of hydrogen-bond acceptors (Lipinski definition) is 3. The van der Waals surface area contributed by atoms with Crippen molar-refractivity contribution < 1.29 is 9.90 Å². The first-order valence-electron chi connectivity index (χ1n) is 7.34. The van der Waals surface area contributed by atoms with E-state index in [9.17, 15) is 9.90 Å². The molecular weight excluding hydrogens is 228 g/mol. The van der Waals surface area contributed by atoms with Crippen LogP contribution in [0.3, 0.4) is 0 Å². The Labute approximate surface area is 111 Å². The lowest BCUT2D eigenvalue weighted by molar-refractivity contribution is -0.122. The number of aliphatic hydroxyl groups excluding tert-OH is 1. The molecule has 18 heavy (non-hydrogen) atoms. The summed E-state index contributed by atoms with van der Waals surface area (Å²) in [5, 5.41) is 12.8. The van der Waals surface area contributed by atoms with Crippen LogP contribution < -0.4 is 5.32 Å². The largest absolute Gasteiger partial charge is 0.391 e. The molecule has 0 spiro atoms. The number of likely N-dealkylation sites (tertiary alicyclic amines) is 1. The molecule has 1 rings (SSSR count). The molecule has 106 valence electrons. The predicted octanol–water partition coefficient (Wildman–Crippen LogP) is 1.39. The highest BCUT2D eigenvalue weighted by atomic mass is 16.3. The topological polar surface area (TPSA) is 52.6 Å². The first-order chi connectivity index (χ1) is 8.67. The molecule has 0 aliphatic carbocycles. The minimum absolute atomic E-state index is 0.0620. The highest BCUT2D eigenvalue weighted by Crippen LogP contribution is 2.12. The predicted molar refractivity (Wildman–Crippen MR) is 73.4 cm³/mol. The average Bonchev–Trinajstić information content (AvgIpc) is 2.88. The molecule has 4 heteroatoms. The molecule has 1 saturated heterocycles. The highest BCUT2D eigenvalue weighted by Gasteiger charge is 2.17. The van der Waals surface area contributed by atoms with E-state index in [1.807, 2.05) is 0 Å². The van der Waals surface area contributed by atoms with Gasteiger partial charge in [0.05, 0.1) is 6.10 Å². The first-order valence-corrected chi connectivity index (χ1v) is 7.34. The zero-order chi connectivity index (χ0) is 13.4. The van der Waals surface area contributed by atoms with Crippen molar-refractivity contribution in [3.63, 3.8) is 0 Å². The molecule has 0 radical (unpaired) electrons. The summed E-state index contributed by atoms with van der Waals surface area (Å²) in [7, 11) is 0. The summed E-state index contributed by atoms with van der Waals surface area (Å²) in [4.78, 5) is 14.0. The Morgan fingerprint density at radius 3 is 2.44 bits per heavy atom. The number of nitrogens with zero attached hydrogens (tertiary/aromatic N) is 1. The van der Waals surface area contributed by atoms with Gasteiger partial charge in [-0.2, -0.15) is 0 Å². The van der Waals surface area contributed by atoms with Gasteiger partial charge in [0.25, 0.3) is 0 Å². The van der Waals surface area contributed by atoms with Gasteiger partial charge in [0, 0.05) is 19.5 Å². The van der Waals surface area contributed by atoms with E-state index >= 15 is 0 Å². The molecule has 0 aromatic carbocycles. The Morgan fingerprint density at radius 2 is 1.89 bits per heavy atom. The van der Waals surface area contributed by atoms with Crippen LogP contribution in [0.1, 0.15) is 46.0 Å². The van der Waals surface area contributed by atoms with E-state index in [-0.39, 0.29) is 5.91 Å². The number of rotatable bonds is 8. The quantitative estimate of drug-likeness (QED) is 0.690. The third-order valence-corrected chi connectivity index (χ3v) is 3.96. The van der Waals surface area contributed by atoms with Crippen LogP contribution in [0.25, 0.3) is 0 Å². The van der Waals surface area contributed by atoms with E-state index in [1.165, 1.54) is 12.8 Å². The maximum absolute atomic E-state index is 11.7. The van der Waals surface area contributed by atoms with Gasteiger partial charge in [0.2, 0.25) is 5.91 Å². The van der Waals surface area contributed by atoms with Gasteiger partial charge >= 0.3 is 0 Å². The molecule has 0 bridgehead atoms. The summed E-state index contributed by atoms with van der Waals surface area (Å²) >= 11 is 0. The Kier molecular flexibility index (Phi) is 7.28. The van der Waals surface area contributed by atoms with Crippen molar-refractivity contribution in [1.82, 2.24) is 10.2 Å². The molecule has 0 saturated carbocycles. The second-order valence-corrected chi connectivity index (χ2v) is 5.25. The Morgan fingerprint density at radius 1 is 1.28 bits per heavy atom. The molecule has 1 fully saturated rings. The van der Waals surface area contributed by atoms with Crippen LogP contribution >= 0.6 is 0 Å². The SMILES string of the molecule is CCC(CC)C(O)CNC(=O)CCN1CCCC1. The van der Waals surface area contributed by atoms with Crippen LogP contribution in [0, 0.1) is 5.92 Å². The number of carbonyl (C=O) groups is 1. The smallest absolute Gasteiger partial charge is 0.221 e. The van der Waals surface area contributed by atoms with Crippen LogP contribution in [-0.2, 0) is 4.79 Å². The third-order valence-electron chi connectivity index (χ3n) is 3.96. The lowest BCUT2D eigenvalue weighted by Gasteiger charge is -2.20. The molecule has 2 N–H and O–H groups in total. The molecule has 0 aromatic heterocycles. The van der Waals surface area contributed by atoms with Crippen molar-refractivity contribution in [2.24, 2.45) is 5.92 Å². The first kappa shape index (κ1) is 15.4. The third kappa shape index (κ3) is 5.36. The van der Waals surface area contributed by atoms with Gasteiger partial charge in [-0.1, -0.05) is 26.7 Å². The van der Waals surface area contributed by atoms with Crippen molar-refractivity contribution in [3.05, 3.63) is 0 Å². The summed E-state index contributed by atoms with van der Waals surface area (Å²) < 4.78 is 0. The lowest BCUT2D eigenvalue weighted by Crippen LogP contribution is -2.37. The van der Waals surface area contributed by atoms with Gasteiger partial charge in [0.1, 0.15) is 0 Å². The van der Waals surface area contributed by atoms with Crippen molar-refractivity contribution in [2.45, 2.75) is 52.1 Å². The van der Waals surface area contributed by atoms with E-state index in [0.29, 0.717) is 18.9 Å². The summed E-state index contributed by atoms with van der Waals surface area (Å²) in [6.45, 7) is 7.66. The highest BCUT2D eigenvalue weighted by molar-refractivity contribution is 5.76. The van der Waals surface area contributed by atoms with Crippen molar-refractivity contribution in [1.29, 1.82) is 0 Å². The number of nitrogens with one attached hydrogen (secondary N) is 1. The van der Waals surface area contributed by atoms with Crippen LogP contribution in [0.15, 0.2) is 0 Å². The van der Waals surface area contributed by atoms with Crippen LogP contribution in [0.5, 0.6) is 0 Å². The zero-order valence-electron chi connectivity index (χ0n) is 11.8. The van der Waals surface area contributed by atoms with E-state index in [4.69, 9.17) is 0 Å². The standard InChI is InChI=1S/C14H28N2O2/c1-3-12(4-2)13(17)11-15-14(18)7-10-16-8-5-6-9-16/h12-13,17H,3-11H2,1-2H3,(H,15,18). The number of hydrogen-bond donors (Lipinski definition) is 2. The van der Waals surface area contributed by atoms with Crippen molar-refractivity contribution in [2.75, 3.05) is 26.2 Å². The molecule has 1 aliphatic rings. The number of amides is 1. The molecule has 4 nitrogen and oxygen atoms in total. The van der Waals surface area contributed by atoms with E-state index < -0.39 is 6.10 Å². The lowest BCUT2D eigenvalue weighted by atomic mass is 9.96. The molecule has 1 atom stereocenters. The minimum Gasteiger partial charge on any atom is -0.391 e. The van der Waals surface area contributed by atoms with Gasteiger partial charge in [0.15, 0.2) is 0 Å². The zero-order valence-corrected chi connectivity index (χ0v) is 11.8. The summed E-state index contributed by atoms with van der Waals surface area (Å²) in [5.41, 5.74) is 0. The minimum atomic E-state index is -0.407. The van der Waals surface area contributed by atoms with E-state index in [0.717, 1.165) is 32.5 Å². The van der Waals surface area contributed by atoms with Crippen molar-refractivity contribution >= 4 is 5.91 Å². The molecule has 1 amide bonds. The summed E-state index contributed by atoms with van der Waals surface area (Å²) in [6.07, 6.45) is 4.58.